The van der Waals surface area contributed by atoms with Crippen molar-refractivity contribution in [3.63, 3.8) is 0 Å². The van der Waals surface area contributed by atoms with Gasteiger partial charge in [-0.3, -0.25) is 19.3 Å². The van der Waals surface area contributed by atoms with Crippen molar-refractivity contribution in [1.29, 1.82) is 5.26 Å². The van der Waals surface area contributed by atoms with Gasteiger partial charge in [-0.25, -0.2) is 0 Å². The number of benzene rings is 1. The predicted molar refractivity (Wildman–Crippen MR) is 72.3 cm³/mol. The lowest BCUT2D eigenvalue weighted by Gasteiger charge is -2.13. The summed E-state index contributed by atoms with van der Waals surface area (Å²) in [7, 11) is 0. The molecule has 2 rings (SSSR count). The first kappa shape index (κ1) is 14.7. The fourth-order valence-corrected chi connectivity index (χ4v) is 2.09. The van der Waals surface area contributed by atoms with Crippen molar-refractivity contribution in [3.05, 3.63) is 34.9 Å². The van der Waals surface area contributed by atoms with Crippen molar-refractivity contribution in [2.45, 2.75) is 26.4 Å². The zero-order valence-corrected chi connectivity index (χ0v) is 11.8. The minimum absolute atomic E-state index is 0.0532. The number of ether oxygens (including phenoxy) is 1. The molecule has 0 bridgehead atoms. The van der Waals surface area contributed by atoms with E-state index >= 15 is 0 Å². The van der Waals surface area contributed by atoms with Crippen LogP contribution < -0.4 is 0 Å². The number of nitriles is 1. The van der Waals surface area contributed by atoms with E-state index in [1.54, 1.807) is 24.3 Å². The predicted octanol–water partition coefficient (Wildman–Crippen LogP) is 1.44. The summed E-state index contributed by atoms with van der Waals surface area (Å²) >= 11 is 0. The third-order valence-corrected chi connectivity index (χ3v) is 3.16. The summed E-state index contributed by atoms with van der Waals surface area (Å²) in [6, 6.07) is 6.80. The zero-order valence-electron chi connectivity index (χ0n) is 11.8. The lowest BCUT2D eigenvalue weighted by molar-refractivity contribution is -0.145. The molecule has 1 aromatic carbocycles. The minimum atomic E-state index is -0.845. The van der Waals surface area contributed by atoms with Gasteiger partial charge in [0.15, 0.2) is 6.10 Å². The molecule has 0 unspecified atom stereocenters. The number of esters is 1. The molecule has 0 aromatic heterocycles. The molecule has 0 fully saturated rings. The largest absolute Gasteiger partial charge is 0.447 e. The van der Waals surface area contributed by atoms with Crippen LogP contribution in [0, 0.1) is 18.3 Å². The van der Waals surface area contributed by atoms with Crippen LogP contribution in [-0.2, 0) is 9.53 Å². The van der Waals surface area contributed by atoms with Crippen molar-refractivity contribution in [3.8, 4) is 6.07 Å². The van der Waals surface area contributed by atoms with Gasteiger partial charge in [0, 0.05) is 6.54 Å². The van der Waals surface area contributed by atoms with E-state index in [1.165, 1.54) is 6.92 Å². The normalized spacial score (nSPS) is 14.6. The number of rotatable bonds is 4. The highest BCUT2D eigenvalue weighted by atomic mass is 16.5. The number of nitrogens with zero attached hydrogens (tertiary/aromatic N) is 2. The second-order valence-corrected chi connectivity index (χ2v) is 4.82. The number of amides is 2. The van der Waals surface area contributed by atoms with Gasteiger partial charge in [-0.2, -0.15) is 5.26 Å². The number of fused-ring (bicyclic) bond motifs is 1. The Balaban J connectivity index is 2.04. The van der Waals surface area contributed by atoms with E-state index in [-0.39, 0.29) is 13.0 Å². The molecule has 1 aromatic rings. The fourth-order valence-electron chi connectivity index (χ4n) is 2.09. The van der Waals surface area contributed by atoms with Crippen molar-refractivity contribution < 1.29 is 19.1 Å². The maximum Gasteiger partial charge on any atom is 0.308 e. The molecule has 0 N–H and O–H groups in total. The van der Waals surface area contributed by atoms with E-state index < -0.39 is 23.9 Å². The second-order valence-electron chi connectivity index (χ2n) is 4.82. The van der Waals surface area contributed by atoms with Crippen molar-refractivity contribution >= 4 is 17.8 Å². The van der Waals surface area contributed by atoms with Crippen molar-refractivity contribution in [2.75, 3.05) is 6.54 Å². The molecule has 21 heavy (non-hydrogen) atoms. The van der Waals surface area contributed by atoms with E-state index in [2.05, 4.69) is 0 Å². The molecule has 0 saturated carbocycles. The van der Waals surface area contributed by atoms with Crippen LogP contribution in [0.3, 0.4) is 0 Å². The van der Waals surface area contributed by atoms with Gasteiger partial charge in [-0.1, -0.05) is 11.6 Å². The number of carbonyl (C=O) groups is 3. The highest BCUT2D eigenvalue weighted by Gasteiger charge is 2.35. The lowest BCUT2D eigenvalue weighted by atomic mass is 10.1. The molecule has 2 amide bonds. The molecular weight excluding hydrogens is 272 g/mol. The van der Waals surface area contributed by atoms with E-state index in [0.29, 0.717) is 11.1 Å². The smallest absolute Gasteiger partial charge is 0.308 e. The molecule has 6 nitrogen and oxygen atoms in total. The molecule has 1 atom stereocenters. The highest BCUT2D eigenvalue weighted by molar-refractivity contribution is 6.21. The van der Waals surface area contributed by atoms with E-state index in [9.17, 15) is 14.4 Å². The SMILES string of the molecule is Cc1ccc2c(c1)C(=O)N(CCC(=O)O[C@@H](C)C#N)C2=O. The van der Waals surface area contributed by atoms with E-state index in [4.69, 9.17) is 10.00 Å². The molecule has 0 aliphatic carbocycles. The Labute approximate surface area is 121 Å². The molecular formula is C15H14N2O4. The number of hydrogen-bond donors (Lipinski definition) is 0. The van der Waals surface area contributed by atoms with Crippen LogP contribution in [0.25, 0.3) is 0 Å². The molecule has 108 valence electrons. The van der Waals surface area contributed by atoms with Crippen LogP contribution in [0.2, 0.25) is 0 Å². The van der Waals surface area contributed by atoms with Crippen molar-refractivity contribution in [1.82, 2.24) is 4.90 Å². The molecule has 6 heteroatoms. The Morgan fingerprint density at radius 3 is 2.67 bits per heavy atom. The maximum atomic E-state index is 12.2. The van der Waals surface area contributed by atoms with Crippen LogP contribution in [0.1, 0.15) is 39.6 Å². The Morgan fingerprint density at radius 1 is 1.33 bits per heavy atom. The Hall–Kier alpha value is -2.68. The topological polar surface area (TPSA) is 87.5 Å². The highest BCUT2D eigenvalue weighted by Crippen LogP contribution is 2.23. The van der Waals surface area contributed by atoms with Gasteiger partial charge in [-0.15, -0.1) is 0 Å². The van der Waals surface area contributed by atoms with Gasteiger partial charge in [0.2, 0.25) is 0 Å². The van der Waals surface area contributed by atoms with Gasteiger partial charge in [0.1, 0.15) is 6.07 Å². The van der Waals surface area contributed by atoms with Gasteiger partial charge < -0.3 is 4.74 Å². The van der Waals surface area contributed by atoms with Gasteiger partial charge in [-0.05, 0) is 26.0 Å². The van der Waals surface area contributed by atoms with Crippen LogP contribution in [-0.4, -0.2) is 35.3 Å². The summed E-state index contributed by atoms with van der Waals surface area (Å²) in [6.45, 7) is 3.23. The summed E-state index contributed by atoms with van der Waals surface area (Å²) in [4.78, 5) is 36.8. The average molecular weight is 286 g/mol. The van der Waals surface area contributed by atoms with Gasteiger partial charge in [0.25, 0.3) is 11.8 Å². The first-order valence-corrected chi connectivity index (χ1v) is 6.50. The Morgan fingerprint density at radius 2 is 2.00 bits per heavy atom. The molecule has 1 aliphatic heterocycles. The summed E-state index contributed by atoms with van der Waals surface area (Å²) in [5.74, 6) is -1.42. The Kier molecular flexibility index (Phi) is 4.03. The molecule has 0 spiro atoms. The monoisotopic (exact) mass is 286 g/mol. The second kappa shape index (κ2) is 5.75. The first-order valence-electron chi connectivity index (χ1n) is 6.50. The molecule has 0 radical (unpaired) electrons. The van der Waals surface area contributed by atoms with Gasteiger partial charge >= 0.3 is 5.97 Å². The fraction of sp³-hybridized carbons (Fsp3) is 0.333. The van der Waals surface area contributed by atoms with Crippen molar-refractivity contribution in [2.24, 2.45) is 0 Å². The number of aryl methyl sites for hydroxylation is 1. The summed E-state index contributed by atoms with van der Waals surface area (Å²) in [5.41, 5.74) is 1.60. The third-order valence-electron chi connectivity index (χ3n) is 3.16. The zero-order chi connectivity index (χ0) is 15.6. The average Bonchev–Trinajstić information content (AvgIpc) is 2.68. The maximum absolute atomic E-state index is 12.2. The standard InChI is InChI=1S/C15H14N2O4/c1-9-3-4-11-12(7-9)15(20)17(14(11)19)6-5-13(18)21-10(2)8-16/h3-4,7,10H,5-6H2,1-2H3/t10-/m0/s1. The lowest BCUT2D eigenvalue weighted by Crippen LogP contribution is -2.32. The van der Waals surface area contributed by atoms with Crippen LogP contribution in [0.5, 0.6) is 0 Å². The third kappa shape index (κ3) is 2.92. The van der Waals surface area contributed by atoms with Gasteiger partial charge in [0.05, 0.1) is 17.5 Å². The Bertz CT molecular complexity index is 660. The summed E-state index contributed by atoms with van der Waals surface area (Å²) in [6.07, 6.45) is -0.974. The number of carbonyl (C=O) groups excluding carboxylic acids is 3. The number of imide groups is 1. The number of hydrogen-bond acceptors (Lipinski definition) is 5. The van der Waals surface area contributed by atoms with E-state index in [0.717, 1.165) is 10.5 Å². The molecule has 1 aliphatic rings. The summed E-state index contributed by atoms with van der Waals surface area (Å²) < 4.78 is 4.78. The van der Waals surface area contributed by atoms with Crippen LogP contribution >= 0.6 is 0 Å². The minimum Gasteiger partial charge on any atom is -0.447 e. The van der Waals surface area contributed by atoms with Crippen LogP contribution in [0.15, 0.2) is 18.2 Å². The molecule has 0 saturated heterocycles. The van der Waals surface area contributed by atoms with E-state index in [1.807, 2.05) is 6.92 Å². The summed E-state index contributed by atoms with van der Waals surface area (Å²) in [5, 5.41) is 8.55. The first-order chi connectivity index (χ1) is 9.93. The van der Waals surface area contributed by atoms with Crippen LogP contribution in [0.4, 0.5) is 0 Å². The quantitative estimate of drug-likeness (QED) is 0.617. The molecule has 1 heterocycles.